The smallest absolute Gasteiger partial charge is 0.394 e. The van der Waals surface area contributed by atoms with E-state index in [0.29, 0.717) is 0 Å². The lowest BCUT2D eigenvalue weighted by molar-refractivity contribution is -0.0522. The summed E-state index contributed by atoms with van der Waals surface area (Å²) in [5.74, 6) is 0.0741. The van der Waals surface area contributed by atoms with Gasteiger partial charge in [-0.25, -0.2) is 4.57 Å². The Hall–Kier alpha value is -1.33. The molecule has 2 rings (SSSR count). The number of nitrogens with zero attached hydrogens (tertiary/aromatic N) is 2. The van der Waals surface area contributed by atoms with Crippen LogP contribution in [0.15, 0.2) is 17.1 Å². The highest BCUT2D eigenvalue weighted by Crippen LogP contribution is 2.43. The minimum Gasteiger partial charge on any atom is -0.394 e. The van der Waals surface area contributed by atoms with Crippen LogP contribution < -0.4 is 10.9 Å². The van der Waals surface area contributed by atoms with Crippen molar-refractivity contribution in [3.05, 3.63) is 22.6 Å². The molecule has 0 amide bonds. The highest BCUT2D eigenvalue weighted by Gasteiger charge is 2.48. The van der Waals surface area contributed by atoms with E-state index < -0.39 is 44.5 Å². The molecule has 1 aliphatic rings. The van der Waals surface area contributed by atoms with Crippen LogP contribution in [0.5, 0.6) is 0 Å². The van der Waals surface area contributed by atoms with Crippen LogP contribution in [0.1, 0.15) is 6.23 Å². The van der Waals surface area contributed by atoms with Crippen LogP contribution in [0, 0.1) is 0 Å². The van der Waals surface area contributed by atoms with E-state index in [4.69, 9.17) is 14.5 Å². The number of anilines is 1. The van der Waals surface area contributed by atoms with Gasteiger partial charge >= 0.3 is 7.82 Å². The van der Waals surface area contributed by atoms with Crippen molar-refractivity contribution in [2.24, 2.45) is 0 Å². The summed E-state index contributed by atoms with van der Waals surface area (Å²) >= 11 is 0. The summed E-state index contributed by atoms with van der Waals surface area (Å²) in [6.07, 6.45) is -3.95. The van der Waals surface area contributed by atoms with Crippen molar-refractivity contribution >= 4 is 13.8 Å². The molecule has 2 heterocycles. The highest BCUT2D eigenvalue weighted by atomic mass is 31.2. The van der Waals surface area contributed by atoms with Gasteiger partial charge in [-0.15, -0.1) is 0 Å². The molecule has 22 heavy (non-hydrogen) atoms. The Balaban J connectivity index is 2.34. The van der Waals surface area contributed by atoms with Crippen LogP contribution >= 0.6 is 7.82 Å². The lowest BCUT2D eigenvalue weighted by Crippen LogP contribution is -2.35. The predicted molar refractivity (Wildman–Crippen MR) is 72.0 cm³/mol. The van der Waals surface area contributed by atoms with Crippen LogP contribution in [0.25, 0.3) is 0 Å². The van der Waals surface area contributed by atoms with Crippen molar-refractivity contribution in [1.29, 1.82) is 0 Å². The fourth-order valence-corrected chi connectivity index (χ4v) is 2.77. The minimum absolute atomic E-state index is 0.0741. The third-order valence-corrected chi connectivity index (χ3v) is 3.60. The van der Waals surface area contributed by atoms with Gasteiger partial charge in [-0.1, -0.05) is 0 Å². The zero-order valence-electron chi connectivity index (χ0n) is 11.4. The Kier molecular flexibility index (Phi) is 4.97. The highest BCUT2D eigenvalue weighted by molar-refractivity contribution is 7.46. The monoisotopic (exact) mass is 337 g/mol. The first-order valence-corrected chi connectivity index (χ1v) is 7.75. The minimum atomic E-state index is -4.89. The van der Waals surface area contributed by atoms with E-state index in [1.807, 2.05) is 0 Å². The molecule has 12 heteroatoms. The predicted octanol–water partition coefficient (Wildman–Crippen LogP) is -1.99. The molecule has 5 N–H and O–H groups in total. The SMILES string of the molecule is CNc1nc(=O)ccn1[C@@H]1O[C@H](CO)[C@@H](OP(=O)(O)O)[C@H]1O. The maximum absolute atomic E-state index is 11.2. The number of nitrogens with one attached hydrogen (secondary N) is 1. The van der Waals surface area contributed by atoms with E-state index in [2.05, 4.69) is 14.8 Å². The van der Waals surface area contributed by atoms with Crippen molar-refractivity contribution in [3.63, 3.8) is 0 Å². The summed E-state index contributed by atoms with van der Waals surface area (Å²) in [4.78, 5) is 32.6. The van der Waals surface area contributed by atoms with Crippen molar-refractivity contribution in [2.75, 3.05) is 19.0 Å². The number of phosphoric acid groups is 1. The van der Waals surface area contributed by atoms with Gasteiger partial charge in [0.2, 0.25) is 5.95 Å². The first kappa shape index (κ1) is 17.0. The summed E-state index contributed by atoms with van der Waals surface area (Å²) in [6, 6.07) is 1.13. The third kappa shape index (κ3) is 3.52. The molecule has 0 spiro atoms. The van der Waals surface area contributed by atoms with Crippen molar-refractivity contribution < 1.29 is 33.8 Å². The summed E-state index contributed by atoms with van der Waals surface area (Å²) in [5.41, 5.74) is -0.519. The van der Waals surface area contributed by atoms with Gasteiger partial charge < -0.3 is 30.1 Å². The largest absolute Gasteiger partial charge is 0.470 e. The van der Waals surface area contributed by atoms with Crippen LogP contribution in [0.2, 0.25) is 0 Å². The van der Waals surface area contributed by atoms with E-state index in [1.54, 1.807) is 0 Å². The second-order valence-electron chi connectivity index (χ2n) is 4.55. The van der Waals surface area contributed by atoms with Crippen molar-refractivity contribution in [2.45, 2.75) is 24.5 Å². The average molecular weight is 337 g/mol. The Morgan fingerprint density at radius 3 is 2.77 bits per heavy atom. The number of ether oxygens (including phenoxy) is 1. The standard InChI is InChI=1S/C10H16N3O8P/c1-11-10-12-6(15)2-3-13(10)9-7(16)8(5(4-14)20-9)21-22(17,18)19/h2-3,5,7-9,14,16H,4H2,1H3,(H,11,12,15)(H2,17,18,19)/t5-,7-,8-,9-/m1/s1. The Labute approximate surface area is 124 Å². The molecule has 1 aromatic heterocycles. The second kappa shape index (κ2) is 6.42. The lowest BCUT2D eigenvalue weighted by Gasteiger charge is -2.22. The fourth-order valence-electron chi connectivity index (χ4n) is 2.19. The number of aliphatic hydroxyl groups excluding tert-OH is 2. The normalized spacial score (nSPS) is 28.8. The lowest BCUT2D eigenvalue weighted by atomic mass is 10.1. The van der Waals surface area contributed by atoms with Gasteiger partial charge in [0, 0.05) is 19.3 Å². The zero-order chi connectivity index (χ0) is 16.5. The molecule has 1 saturated heterocycles. The number of aliphatic hydroxyl groups is 2. The van der Waals surface area contributed by atoms with Gasteiger partial charge in [0.15, 0.2) is 6.23 Å². The molecular formula is C10H16N3O8P. The van der Waals surface area contributed by atoms with Crippen LogP contribution in [0.4, 0.5) is 5.95 Å². The number of rotatable bonds is 5. The molecule has 1 aliphatic heterocycles. The average Bonchev–Trinajstić information content (AvgIpc) is 2.74. The topological polar surface area (TPSA) is 163 Å². The van der Waals surface area contributed by atoms with E-state index in [0.717, 1.165) is 6.07 Å². The zero-order valence-corrected chi connectivity index (χ0v) is 12.3. The van der Waals surface area contributed by atoms with E-state index in [1.165, 1.54) is 17.8 Å². The first-order valence-electron chi connectivity index (χ1n) is 6.22. The summed E-state index contributed by atoms with van der Waals surface area (Å²) in [7, 11) is -3.40. The molecule has 1 aromatic rings. The van der Waals surface area contributed by atoms with Crippen molar-refractivity contribution in [1.82, 2.24) is 9.55 Å². The van der Waals surface area contributed by atoms with Crippen LogP contribution in [-0.2, 0) is 13.8 Å². The van der Waals surface area contributed by atoms with Crippen molar-refractivity contribution in [3.8, 4) is 0 Å². The van der Waals surface area contributed by atoms with Gasteiger partial charge in [-0.05, 0) is 0 Å². The maximum Gasteiger partial charge on any atom is 0.470 e. The van der Waals surface area contributed by atoms with Gasteiger partial charge in [-0.3, -0.25) is 13.9 Å². The molecule has 0 unspecified atom stereocenters. The maximum atomic E-state index is 11.2. The molecule has 1 fully saturated rings. The summed E-state index contributed by atoms with van der Waals surface area (Å²) in [5, 5.41) is 22.1. The molecule has 0 aromatic carbocycles. The van der Waals surface area contributed by atoms with E-state index in [-0.39, 0.29) is 5.95 Å². The Morgan fingerprint density at radius 2 is 2.23 bits per heavy atom. The van der Waals surface area contributed by atoms with Gasteiger partial charge in [0.25, 0.3) is 5.56 Å². The van der Waals surface area contributed by atoms with Gasteiger partial charge in [0.05, 0.1) is 6.61 Å². The molecular weight excluding hydrogens is 321 g/mol. The first-order chi connectivity index (χ1) is 10.3. The number of aromatic nitrogens is 2. The molecule has 124 valence electrons. The quantitative estimate of drug-likeness (QED) is 0.380. The number of phosphoric ester groups is 1. The summed E-state index contributed by atoms with van der Waals surface area (Å²) in [6.45, 7) is -0.624. The molecule has 0 saturated carbocycles. The fraction of sp³-hybridized carbons (Fsp3) is 0.600. The van der Waals surface area contributed by atoms with E-state index in [9.17, 15) is 19.6 Å². The molecule has 0 aliphatic carbocycles. The van der Waals surface area contributed by atoms with E-state index >= 15 is 0 Å². The number of hydrogen-bond donors (Lipinski definition) is 5. The molecule has 11 nitrogen and oxygen atoms in total. The number of hydrogen-bond acceptors (Lipinski definition) is 8. The Morgan fingerprint density at radius 1 is 1.55 bits per heavy atom. The van der Waals surface area contributed by atoms with Crippen LogP contribution in [-0.4, -0.2) is 61.5 Å². The summed E-state index contributed by atoms with van der Waals surface area (Å²) < 4.78 is 22.1. The van der Waals surface area contributed by atoms with Crippen LogP contribution in [0.3, 0.4) is 0 Å². The van der Waals surface area contributed by atoms with Gasteiger partial charge in [-0.2, -0.15) is 4.98 Å². The molecule has 4 atom stereocenters. The molecule has 0 bridgehead atoms. The van der Waals surface area contributed by atoms with Gasteiger partial charge in [0.1, 0.15) is 18.3 Å². The third-order valence-electron chi connectivity index (χ3n) is 3.08. The second-order valence-corrected chi connectivity index (χ2v) is 5.74. The Bertz CT molecular complexity index is 631. The molecule has 0 radical (unpaired) electrons.